The lowest BCUT2D eigenvalue weighted by Crippen LogP contribution is -2.48. The molecule has 5 rings (SSSR count). The molecule has 0 atom stereocenters. The van der Waals surface area contributed by atoms with Crippen LogP contribution in [0.2, 0.25) is 0 Å². The molecule has 3 aromatic rings. The van der Waals surface area contributed by atoms with E-state index in [2.05, 4.69) is 19.7 Å². The van der Waals surface area contributed by atoms with Crippen molar-refractivity contribution in [1.29, 1.82) is 5.26 Å². The molecule has 0 amide bonds. The maximum atomic E-state index is 13.4. The van der Waals surface area contributed by atoms with Crippen molar-refractivity contribution in [1.82, 2.24) is 19.7 Å². The van der Waals surface area contributed by atoms with Gasteiger partial charge in [-0.05, 0) is 49.6 Å². The molecule has 3 aromatic heterocycles. The van der Waals surface area contributed by atoms with Gasteiger partial charge in [-0.25, -0.2) is 23.1 Å². The summed E-state index contributed by atoms with van der Waals surface area (Å²) >= 11 is 0. The van der Waals surface area contributed by atoms with Gasteiger partial charge in [0.1, 0.15) is 16.7 Å². The summed E-state index contributed by atoms with van der Waals surface area (Å²) in [6.45, 7) is 1.86. The van der Waals surface area contributed by atoms with Gasteiger partial charge in [0.05, 0.1) is 36.2 Å². The molecule has 192 valence electrons. The highest BCUT2D eigenvalue weighted by atomic mass is 32.2. The average Bonchev–Trinajstić information content (AvgIpc) is 3.67. The van der Waals surface area contributed by atoms with Crippen LogP contribution < -0.4 is 9.46 Å². The topological polar surface area (TPSA) is 127 Å². The van der Waals surface area contributed by atoms with Crippen molar-refractivity contribution in [2.45, 2.75) is 42.8 Å². The molecule has 1 saturated carbocycles. The highest BCUT2D eigenvalue weighted by Gasteiger charge is 2.38. The molecule has 0 spiro atoms. The summed E-state index contributed by atoms with van der Waals surface area (Å²) in [5, 5.41) is 9.20. The standard InChI is InChI=1S/C24H20F3N5O4S/c1-13-6-20(24(25,26)27)31-21(15-2-3-15)22(13)36-23-19(37(33,34)32-17-11-35-12-17)5-4-18(30-23)16-7-14(8-28)9-29-10-16/h4-7,9-10,15,17,32H,2-3,11-12H2,1H3. The van der Waals surface area contributed by atoms with Gasteiger partial charge in [0, 0.05) is 23.9 Å². The lowest BCUT2D eigenvalue weighted by atomic mass is 10.1. The van der Waals surface area contributed by atoms with E-state index >= 15 is 0 Å². The number of alkyl halides is 3. The van der Waals surface area contributed by atoms with Crippen LogP contribution in [0.15, 0.2) is 41.6 Å². The van der Waals surface area contributed by atoms with Crippen LogP contribution in [0.5, 0.6) is 11.6 Å². The second-order valence-electron chi connectivity index (χ2n) is 8.84. The van der Waals surface area contributed by atoms with E-state index in [1.165, 1.54) is 37.5 Å². The molecule has 9 nitrogen and oxygen atoms in total. The van der Waals surface area contributed by atoms with Crippen LogP contribution in [0.25, 0.3) is 11.3 Å². The quantitative estimate of drug-likeness (QED) is 0.483. The largest absolute Gasteiger partial charge is 0.435 e. The van der Waals surface area contributed by atoms with Crippen molar-refractivity contribution in [3.8, 4) is 29.0 Å². The lowest BCUT2D eigenvalue weighted by molar-refractivity contribution is -0.141. The Morgan fingerprint density at radius 3 is 2.54 bits per heavy atom. The van der Waals surface area contributed by atoms with E-state index in [-0.39, 0.29) is 58.2 Å². The number of halogens is 3. The van der Waals surface area contributed by atoms with Crippen LogP contribution in [0.4, 0.5) is 13.2 Å². The maximum Gasteiger partial charge on any atom is 0.433 e. The molecule has 1 aliphatic heterocycles. The third-order valence-corrected chi connectivity index (χ3v) is 7.41. The number of hydrogen-bond donors (Lipinski definition) is 1. The first-order valence-corrected chi connectivity index (χ1v) is 12.8. The van der Waals surface area contributed by atoms with Gasteiger partial charge in [-0.1, -0.05) is 0 Å². The Hall–Kier alpha value is -3.60. The number of rotatable bonds is 7. The summed E-state index contributed by atoms with van der Waals surface area (Å²) in [5.74, 6) is -0.535. The van der Waals surface area contributed by atoms with Gasteiger partial charge in [-0.15, -0.1) is 0 Å². The number of sulfonamides is 1. The number of nitrogens with one attached hydrogen (secondary N) is 1. The van der Waals surface area contributed by atoms with E-state index in [4.69, 9.17) is 9.47 Å². The summed E-state index contributed by atoms with van der Waals surface area (Å²) in [6.07, 6.45) is -0.556. The smallest absolute Gasteiger partial charge is 0.433 e. The number of nitrogens with zero attached hydrogens (tertiary/aromatic N) is 4. The van der Waals surface area contributed by atoms with Gasteiger partial charge in [0.25, 0.3) is 0 Å². The minimum Gasteiger partial charge on any atom is -0.435 e. The van der Waals surface area contributed by atoms with Crippen molar-refractivity contribution in [3.05, 3.63) is 59.2 Å². The van der Waals surface area contributed by atoms with E-state index in [1.54, 1.807) is 0 Å². The van der Waals surface area contributed by atoms with Crippen LogP contribution in [0.3, 0.4) is 0 Å². The molecule has 0 aromatic carbocycles. The minimum atomic E-state index is -4.65. The van der Waals surface area contributed by atoms with Gasteiger partial charge < -0.3 is 9.47 Å². The summed E-state index contributed by atoms with van der Waals surface area (Å²) < 4.78 is 80.2. The summed E-state index contributed by atoms with van der Waals surface area (Å²) in [5.41, 5.74) is 0.169. The van der Waals surface area contributed by atoms with Gasteiger partial charge in [0.2, 0.25) is 15.9 Å². The van der Waals surface area contributed by atoms with E-state index < -0.39 is 27.9 Å². The van der Waals surface area contributed by atoms with Gasteiger partial charge in [-0.2, -0.15) is 18.4 Å². The molecule has 37 heavy (non-hydrogen) atoms. The van der Waals surface area contributed by atoms with E-state index in [1.807, 2.05) is 6.07 Å². The van der Waals surface area contributed by atoms with E-state index in [0.717, 1.165) is 6.07 Å². The molecule has 1 aliphatic carbocycles. The number of aromatic nitrogens is 3. The zero-order valence-corrected chi connectivity index (χ0v) is 20.2. The molecular weight excluding hydrogens is 511 g/mol. The van der Waals surface area contributed by atoms with Crippen LogP contribution >= 0.6 is 0 Å². The number of ether oxygens (including phenoxy) is 2. The molecule has 0 radical (unpaired) electrons. The Morgan fingerprint density at radius 1 is 1.16 bits per heavy atom. The SMILES string of the molecule is Cc1cc(C(F)(F)F)nc(C2CC2)c1Oc1nc(-c2cncc(C#N)c2)ccc1S(=O)(=O)NC1COC1. The molecule has 0 bridgehead atoms. The second kappa shape index (κ2) is 9.37. The van der Waals surface area contributed by atoms with Crippen LogP contribution in [-0.4, -0.2) is 42.6 Å². The van der Waals surface area contributed by atoms with Crippen molar-refractivity contribution < 1.29 is 31.1 Å². The first kappa shape index (κ1) is 25.1. The number of hydrogen-bond acceptors (Lipinski definition) is 8. The molecule has 1 saturated heterocycles. The zero-order chi connectivity index (χ0) is 26.4. The van der Waals surface area contributed by atoms with Gasteiger partial charge >= 0.3 is 6.18 Å². The first-order chi connectivity index (χ1) is 17.5. The Labute approximate surface area is 210 Å². The average molecular weight is 532 g/mol. The molecule has 0 unspecified atom stereocenters. The minimum absolute atomic E-state index is 0.0347. The van der Waals surface area contributed by atoms with Crippen molar-refractivity contribution in [2.24, 2.45) is 0 Å². The second-order valence-corrected chi connectivity index (χ2v) is 10.5. The molecular formula is C24H20F3N5O4S. The normalized spacial score (nSPS) is 16.2. The van der Waals surface area contributed by atoms with Crippen molar-refractivity contribution in [2.75, 3.05) is 13.2 Å². The molecule has 13 heteroatoms. The van der Waals surface area contributed by atoms with Crippen LogP contribution in [0.1, 0.15) is 41.3 Å². The fourth-order valence-electron chi connectivity index (χ4n) is 3.79. The Bertz CT molecular complexity index is 1510. The molecule has 2 fully saturated rings. The fraction of sp³-hybridized carbons (Fsp3) is 0.333. The zero-order valence-electron chi connectivity index (χ0n) is 19.4. The molecule has 2 aliphatic rings. The summed E-state index contributed by atoms with van der Waals surface area (Å²) in [6, 6.07) is 6.67. The Morgan fingerprint density at radius 2 is 1.92 bits per heavy atom. The fourth-order valence-corrected chi connectivity index (χ4v) is 5.05. The molecule has 4 heterocycles. The number of aryl methyl sites for hydroxylation is 1. The predicted molar refractivity (Wildman–Crippen MR) is 123 cm³/mol. The van der Waals surface area contributed by atoms with E-state index in [9.17, 15) is 26.9 Å². The van der Waals surface area contributed by atoms with Gasteiger partial charge in [-0.3, -0.25) is 4.98 Å². The summed E-state index contributed by atoms with van der Waals surface area (Å²) in [4.78, 5) is 11.9. The lowest BCUT2D eigenvalue weighted by Gasteiger charge is -2.27. The summed E-state index contributed by atoms with van der Waals surface area (Å²) in [7, 11) is -4.13. The van der Waals surface area contributed by atoms with Crippen LogP contribution in [-0.2, 0) is 20.9 Å². The first-order valence-electron chi connectivity index (χ1n) is 11.3. The number of nitriles is 1. The predicted octanol–water partition coefficient (Wildman–Crippen LogP) is 4.08. The maximum absolute atomic E-state index is 13.4. The van der Waals surface area contributed by atoms with Gasteiger partial charge in [0.15, 0.2) is 5.75 Å². The van der Waals surface area contributed by atoms with Crippen molar-refractivity contribution in [3.63, 3.8) is 0 Å². The highest BCUT2D eigenvalue weighted by molar-refractivity contribution is 7.89. The monoisotopic (exact) mass is 531 g/mol. The van der Waals surface area contributed by atoms with Crippen molar-refractivity contribution >= 4 is 10.0 Å². The Balaban J connectivity index is 1.62. The van der Waals surface area contributed by atoms with Crippen LogP contribution in [0, 0.1) is 18.3 Å². The van der Waals surface area contributed by atoms with E-state index in [0.29, 0.717) is 18.4 Å². The third kappa shape index (κ3) is 5.27. The highest BCUT2D eigenvalue weighted by Crippen LogP contribution is 2.47. The molecule has 1 N–H and O–H groups in total. The Kier molecular flexibility index (Phi) is 6.35. The number of pyridine rings is 3. The third-order valence-electron chi connectivity index (χ3n) is 5.88.